The highest BCUT2D eigenvalue weighted by Crippen LogP contribution is 2.30. The molecule has 1 saturated heterocycles. The lowest BCUT2D eigenvalue weighted by atomic mass is 9.98. The van der Waals surface area contributed by atoms with E-state index in [0.29, 0.717) is 24.8 Å². The number of aryl methyl sites for hydroxylation is 1. The Labute approximate surface area is 124 Å². The fourth-order valence-corrected chi connectivity index (χ4v) is 2.50. The van der Waals surface area contributed by atoms with E-state index in [0.717, 1.165) is 25.1 Å². The van der Waals surface area contributed by atoms with Crippen LogP contribution in [-0.4, -0.2) is 33.2 Å². The number of hydrogen-bond acceptors (Lipinski definition) is 6. The number of aromatic nitrogens is 4. The predicted molar refractivity (Wildman–Crippen MR) is 70.3 cm³/mol. The molecule has 0 bridgehead atoms. The molecule has 0 spiro atoms. The molecule has 1 aliphatic heterocycles. The highest BCUT2D eigenvalue weighted by molar-refractivity contribution is 5.32. The van der Waals surface area contributed by atoms with Crippen LogP contribution in [0, 0.1) is 6.92 Å². The highest BCUT2D eigenvalue weighted by atomic mass is 19.4. The second-order valence-corrected chi connectivity index (χ2v) is 5.20. The van der Waals surface area contributed by atoms with Crippen LogP contribution in [0.4, 0.5) is 19.1 Å². The zero-order chi connectivity index (χ0) is 15.7. The van der Waals surface area contributed by atoms with Crippen LogP contribution in [0.5, 0.6) is 0 Å². The third kappa shape index (κ3) is 3.02. The van der Waals surface area contributed by atoms with Gasteiger partial charge in [-0.3, -0.25) is 0 Å². The number of anilines is 1. The summed E-state index contributed by atoms with van der Waals surface area (Å²) in [5.41, 5.74) is -0.937. The minimum Gasteiger partial charge on any atom is -0.340 e. The van der Waals surface area contributed by atoms with Gasteiger partial charge in [0.2, 0.25) is 11.8 Å². The molecular weight excluding hydrogens is 299 g/mol. The Bertz CT molecular complexity index is 657. The van der Waals surface area contributed by atoms with Crippen LogP contribution in [0.15, 0.2) is 16.8 Å². The molecule has 9 heteroatoms. The molecule has 0 N–H and O–H groups in total. The second-order valence-electron chi connectivity index (χ2n) is 5.20. The molecule has 1 aliphatic rings. The van der Waals surface area contributed by atoms with E-state index >= 15 is 0 Å². The van der Waals surface area contributed by atoms with Crippen molar-refractivity contribution in [2.75, 3.05) is 18.0 Å². The quantitative estimate of drug-likeness (QED) is 0.849. The van der Waals surface area contributed by atoms with E-state index < -0.39 is 11.9 Å². The Morgan fingerprint density at radius 2 is 2.14 bits per heavy atom. The fourth-order valence-electron chi connectivity index (χ4n) is 2.50. The minimum atomic E-state index is -4.48. The van der Waals surface area contributed by atoms with Crippen molar-refractivity contribution >= 4 is 5.95 Å². The summed E-state index contributed by atoms with van der Waals surface area (Å²) in [7, 11) is 0. The molecule has 3 rings (SSSR count). The van der Waals surface area contributed by atoms with Crippen molar-refractivity contribution in [1.29, 1.82) is 0 Å². The first-order valence-corrected chi connectivity index (χ1v) is 6.89. The van der Waals surface area contributed by atoms with Crippen LogP contribution in [0.3, 0.4) is 0 Å². The molecular formula is C13H14F3N5O. The highest BCUT2D eigenvalue weighted by Gasteiger charge is 2.34. The maximum atomic E-state index is 12.7. The first-order chi connectivity index (χ1) is 10.4. The van der Waals surface area contributed by atoms with E-state index in [1.54, 1.807) is 11.8 Å². The van der Waals surface area contributed by atoms with Crippen LogP contribution in [0.1, 0.15) is 36.2 Å². The Morgan fingerprint density at radius 1 is 1.32 bits per heavy atom. The molecule has 6 nitrogen and oxygen atoms in total. The number of alkyl halides is 3. The Morgan fingerprint density at radius 3 is 2.82 bits per heavy atom. The van der Waals surface area contributed by atoms with Crippen molar-refractivity contribution in [2.45, 2.75) is 31.9 Å². The van der Waals surface area contributed by atoms with E-state index in [-0.39, 0.29) is 11.9 Å². The minimum absolute atomic E-state index is 0.0203. The summed E-state index contributed by atoms with van der Waals surface area (Å²) in [4.78, 5) is 13.5. The first kappa shape index (κ1) is 14.7. The largest absolute Gasteiger partial charge is 0.433 e. The summed E-state index contributed by atoms with van der Waals surface area (Å²) in [6.45, 7) is 2.79. The maximum Gasteiger partial charge on any atom is 0.433 e. The molecule has 2 aromatic rings. The summed E-state index contributed by atoms with van der Waals surface area (Å²) in [5.74, 6) is 1.11. The molecule has 2 aromatic heterocycles. The smallest absolute Gasteiger partial charge is 0.340 e. The lowest BCUT2D eigenvalue weighted by Crippen LogP contribution is -2.36. The van der Waals surface area contributed by atoms with Gasteiger partial charge >= 0.3 is 6.18 Å². The molecule has 0 saturated carbocycles. The van der Waals surface area contributed by atoms with Crippen LogP contribution in [0.25, 0.3) is 0 Å². The molecule has 1 unspecified atom stereocenters. The van der Waals surface area contributed by atoms with Crippen LogP contribution < -0.4 is 4.90 Å². The molecule has 0 aromatic carbocycles. The predicted octanol–water partition coefficient (Wildman–Crippen LogP) is 2.57. The summed E-state index contributed by atoms with van der Waals surface area (Å²) in [6, 6.07) is 0.867. The van der Waals surface area contributed by atoms with Crippen molar-refractivity contribution in [2.24, 2.45) is 0 Å². The number of piperidine rings is 1. The van der Waals surface area contributed by atoms with Gasteiger partial charge in [0.05, 0.1) is 5.92 Å². The molecule has 118 valence electrons. The standard InChI is InChI=1S/C13H14F3N5O/c1-8-18-11(22-20-8)9-3-2-6-21(7-9)12-17-5-4-10(19-12)13(14,15)16/h4-5,9H,2-3,6-7H2,1H3. The van der Waals surface area contributed by atoms with Gasteiger partial charge in [0, 0.05) is 19.3 Å². The SMILES string of the molecule is Cc1noc(C2CCCN(c3nccc(C(F)(F)F)n3)C2)n1. The fraction of sp³-hybridized carbons (Fsp3) is 0.538. The number of rotatable bonds is 2. The van der Waals surface area contributed by atoms with E-state index in [2.05, 4.69) is 20.1 Å². The monoisotopic (exact) mass is 313 g/mol. The lowest BCUT2D eigenvalue weighted by Gasteiger charge is -2.31. The van der Waals surface area contributed by atoms with Crippen molar-refractivity contribution < 1.29 is 17.7 Å². The van der Waals surface area contributed by atoms with Gasteiger partial charge in [0.15, 0.2) is 5.82 Å². The molecule has 1 fully saturated rings. The van der Waals surface area contributed by atoms with Crippen molar-refractivity contribution in [3.8, 4) is 0 Å². The molecule has 3 heterocycles. The van der Waals surface area contributed by atoms with Crippen molar-refractivity contribution in [3.63, 3.8) is 0 Å². The number of hydrogen-bond donors (Lipinski definition) is 0. The van der Waals surface area contributed by atoms with Gasteiger partial charge in [0.25, 0.3) is 0 Å². The second kappa shape index (κ2) is 5.54. The van der Waals surface area contributed by atoms with Gasteiger partial charge in [-0.2, -0.15) is 18.2 Å². The zero-order valence-electron chi connectivity index (χ0n) is 11.8. The summed E-state index contributed by atoms with van der Waals surface area (Å²) >= 11 is 0. The zero-order valence-corrected chi connectivity index (χ0v) is 11.8. The van der Waals surface area contributed by atoms with Crippen molar-refractivity contribution in [3.05, 3.63) is 29.7 Å². The van der Waals surface area contributed by atoms with Crippen LogP contribution >= 0.6 is 0 Å². The first-order valence-electron chi connectivity index (χ1n) is 6.89. The van der Waals surface area contributed by atoms with E-state index in [1.807, 2.05) is 0 Å². The molecule has 0 radical (unpaired) electrons. The van der Waals surface area contributed by atoms with E-state index in [4.69, 9.17) is 4.52 Å². The normalized spacial score (nSPS) is 19.5. The third-order valence-corrected chi connectivity index (χ3v) is 3.53. The number of halogens is 3. The average Bonchev–Trinajstić information content (AvgIpc) is 2.93. The van der Waals surface area contributed by atoms with Gasteiger partial charge in [-0.25, -0.2) is 9.97 Å². The Hall–Kier alpha value is -2.19. The summed E-state index contributed by atoms with van der Waals surface area (Å²) < 4.78 is 43.4. The van der Waals surface area contributed by atoms with Gasteiger partial charge in [-0.05, 0) is 25.8 Å². The molecule has 1 atom stereocenters. The van der Waals surface area contributed by atoms with Gasteiger partial charge < -0.3 is 9.42 Å². The number of nitrogens with zero attached hydrogens (tertiary/aromatic N) is 5. The lowest BCUT2D eigenvalue weighted by molar-refractivity contribution is -0.141. The third-order valence-electron chi connectivity index (χ3n) is 3.53. The Kier molecular flexibility index (Phi) is 3.71. The molecule has 22 heavy (non-hydrogen) atoms. The van der Waals surface area contributed by atoms with Gasteiger partial charge in [0.1, 0.15) is 5.69 Å². The summed E-state index contributed by atoms with van der Waals surface area (Å²) in [5, 5.41) is 3.75. The summed E-state index contributed by atoms with van der Waals surface area (Å²) in [6.07, 6.45) is -1.70. The topological polar surface area (TPSA) is 67.9 Å². The van der Waals surface area contributed by atoms with Crippen LogP contribution in [0.2, 0.25) is 0 Å². The van der Waals surface area contributed by atoms with Crippen LogP contribution in [-0.2, 0) is 6.18 Å². The average molecular weight is 313 g/mol. The van der Waals surface area contributed by atoms with E-state index in [9.17, 15) is 13.2 Å². The maximum absolute atomic E-state index is 12.7. The Balaban J connectivity index is 1.80. The molecule has 0 amide bonds. The van der Waals surface area contributed by atoms with Gasteiger partial charge in [-0.1, -0.05) is 5.16 Å². The van der Waals surface area contributed by atoms with Crippen molar-refractivity contribution in [1.82, 2.24) is 20.1 Å². The van der Waals surface area contributed by atoms with Gasteiger partial charge in [-0.15, -0.1) is 0 Å². The molecule has 0 aliphatic carbocycles. The van der Waals surface area contributed by atoms with E-state index in [1.165, 1.54) is 0 Å².